The Balaban J connectivity index is 2.71. The molecule has 0 aliphatic heterocycles. The minimum Gasteiger partial charge on any atom is -0.391 e. The predicted molar refractivity (Wildman–Crippen MR) is 55.3 cm³/mol. The van der Waals surface area contributed by atoms with Crippen LogP contribution in [0.3, 0.4) is 0 Å². The zero-order chi connectivity index (χ0) is 11.4. The minimum absolute atomic E-state index is 0.125. The van der Waals surface area contributed by atoms with Crippen LogP contribution in [0, 0.1) is 15.5 Å². The van der Waals surface area contributed by atoms with E-state index in [1.54, 1.807) is 6.92 Å². The second-order valence-electron chi connectivity index (χ2n) is 3.66. The number of nitrogens with zero attached hydrogens (tertiary/aromatic N) is 1. The Kier molecular flexibility index (Phi) is 3.79. The average molecular weight is 213 g/mol. The van der Waals surface area contributed by atoms with Gasteiger partial charge in [0.1, 0.15) is 0 Å². The molecule has 0 aromatic carbocycles. The van der Waals surface area contributed by atoms with E-state index in [-0.39, 0.29) is 11.7 Å². The van der Waals surface area contributed by atoms with Gasteiger partial charge in [-0.25, -0.2) is 0 Å². The maximum absolute atomic E-state index is 10.5. The lowest BCUT2D eigenvalue weighted by Gasteiger charge is -2.17. The molecule has 2 unspecified atom stereocenters. The largest absolute Gasteiger partial charge is 0.391 e. The van der Waals surface area contributed by atoms with Crippen molar-refractivity contribution in [2.45, 2.75) is 38.3 Å². The van der Waals surface area contributed by atoms with Crippen LogP contribution in [-0.2, 0) is 0 Å². The van der Waals surface area contributed by atoms with E-state index in [0.29, 0.717) is 11.9 Å². The molecule has 0 bridgehead atoms. The molecule has 15 heavy (non-hydrogen) atoms. The number of nitrogens with one attached hydrogen (secondary N) is 2. The number of nitro groups is 1. The highest BCUT2D eigenvalue weighted by Crippen LogP contribution is 2.20. The normalized spacial score (nSPS) is 27.1. The van der Waals surface area contributed by atoms with Gasteiger partial charge in [-0.2, -0.15) is 0 Å². The van der Waals surface area contributed by atoms with Gasteiger partial charge in [-0.15, -0.1) is 0 Å². The van der Waals surface area contributed by atoms with Crippen LogP contribution in [-0.4, -0.2) is 28.4 Å². The van der Waals surface area contributed by atoms with Crippen LogP contribution in [0.5, 0.6) is 0 Å². The Morgan fingerprint density at radius 1 is 1.67 bits per heavy atom. The van der Waals surface area contributed by atoms with E-state index in [4.69, 9.17) is 5.41 Å². The molecule has 0 saturated heterocycles. The van der Waals surface area contributed by atoms with Crippen molar-refractivity contribution >= 4 is 6.21 Å². The highest BCUT2D eigenvalue weighted by atomic mass is 16.6. The number of aliphatic hydroxyl groups excluding tert-OH is 1. The summed E-state index contributed by atoms with van der Waals surface area (Å²) in [4.78, 5) is 9.92. The standard InChI is InChI=1S/C9H15N3O3/c1-6(8(5-10)12(14)15)11-7-3-2-4-9(7)13/h5,7,9-11,13H,2-4H2,1H3/b8-6+,10-5?. The first-order valence-electron chi connectivity index (χ1n) is 4.86. The van der Waals surface area contributed by atoms with Crippen molar-refractivity contribution in [2.75, 3.05) is 0 Å². The Labute approximate surface area is 87.6 Å². The fourth-order valence-electron chi connectivity index (χ4n) is 1.76. The van der Waals surface area contributed by atoms with Gasteiger partial charge in [-0.05, 0) is 26.2 Å². The minimum atomic E-state index is -0.601. The summed E-state index contributed by atoms with van der Waals surface area (Å²) in [7, 11) is 0. The second kappa shape index (κ2) is 4.88. The van der Waals surface area contributed by atoms with Crippen LogP contribution < -0.4 is 5.32 Å². The molecule has 1 aliphatic rings. The van der Waals surface area contributed by atoms with Crippen molar-refractivity contribution < 1.29 is 10.0 Å². The van der Waals surface area contributed by atoms with Crippen LogP contribution in [0.15, 0.2) is 11.4 Å². The van der Waals surface area contributed by atoms with E-state index in [2.05, 4.69) is 5.32 Å². The van der Waals surface area contributed by atoms with Crippen molar-refractivity contribution in [3.05, 3.63) is 21.5 Å². The second-order valence-corrected chi connectivity index (χ2v) is 3.66. The molecular weight excluding hydrogens is 198 g/mol. The third kappa shape index (κ3) is 2.76. The molecule has 6 nitrogen and oxygen atoms in total. The molecule has 3 N–H and O–H groups in total. The Hall–Kier alpha value is -1.43. The first kappa shape index (κ1) is 11.6. The molecule has 1 saturated carbocycles. The third-order valence-electron chi connectivity index (χ3n) is 2.60. The van der Waals surface area contributed by atoms with Gasteiger partial charge in [0.2, 0.25) is 0 Å². The Morgan fingerprint density at radius 3 is 2.73 bits per heavy atom. The van der Waals surface area contributed by atoms with Crippen LogP contribution in [0.25, 0.3) is 0 Å². The summed E-state index contributed by atoms with van der Waals surface area (Å²) < 4.78 is 0. The van der Waals surface area contributed by atoms with Gasteiger partial charge in [0, 0.05) is 0 Å². The maximum atomic E-state index is 10.5. The Morgan fingerprint density at radius 2 is 2.33 bits per heavy atom. The monoisotopic (exact) mass is 213 g/mol. The smallest absolute Gasteiger partial charge is 0.305 e. The lowest BCUT2D eigenvalue weighted by atomic mass is 10.2. The number of hydrogen-bond acceptors (Lipinski definition) is 5. The molecule has 1 fully saturated rings. The van der Waals surface area contributed by atoms with Crippen LogP contribution in [0.4, 0.5) is 0 Å². The van der Waals surface area contributed by atoms with Crippen LogP contribution >= 0.6 is 0 Å². The van der Waals surface area contributed by atoms with Gasteiger partial charge in [-0.1, -0.05) is 0 Å². The van der Waals surface area contributed by atoms with Crippen LogP contribution in [0.2, 0.25) is 0 Å². The van der Waals surface area contributed by atoms with Crippen molar-refractivity contribution in [3.63, 3.8) is 0 Å². The average Bonchev–Trinajstić information content (AvgIpc) is 2.52. The molecule has 0 radical (unpaired) electrons. The van der Waals surface area contributed by atoms with E-state index in [1.165, 1.54) is 0 Å². The fourth-order valence-corrected chi connectivity index (χ4v) is 1.76. The molecule has 6 heteroatoms. The summed E-state index contributed by atoms with van der Waals surface area (Å²) >= 11 is 0. The summed E-state index contributed by atoms with van der Waals surface area (Å²) in [5.41, 5.74) is 0.0788. The molecule has 2 atom stereocenters. The van der Waals surface area contributed by atoms with Gasteiger partial charge in [0.15, 0.2) is 0 Å². The number of allylic oxidation sites excluding steroid dienone is 2. The number of hydrogen-bond donors (Lipinski definition) is 3. The summed E-state index contributed by atoms with van der Waals surface area (Å²) in [6.45, 7) is 1.55. The SMILES string of the molecule is C/C(NC1CCCC1O)=C(/C=N)[N+](=O)[O-]. The van der Waals surface area contributed by atoms with Gasteiger partial charge in [-0.3, -0.25) is 10.1 Å². The van der Waals surface area contributed by atoms with E-state index in [9.17, 15) is 15.2 Å². The van der Waals surface area contributed by atoms with E-state index in [1.807, 2.05) is 0 Å². The lowest BCUT2D eigenvalue weighted by molar-refractivity contribution is -0.415. The molecule has 1 aliphatic carbocycles. The molecule has 0 aromatic rings. The zero-order valence-electron chi connectivity index (χ0n) is 8.56. The van der Waals surface area contributed by atoms with Crippen molar-refractivity contribution in [1.29, 1.82) is 5.41 Å². The van der Waals surface area contributed by atoms with Crippen molar-refractivity contribution in [3.8, 4) is 0 Å². The topological polar surface area (TPSA) is 99.2 Å². The fraction of sp³-hybridized carbons (Fsp3) is 0.667. The van der Waals surface area contributed by atoms with E-state index >= 15 is 0 Å². The molecule has 0 aromatic heterocycles. The summed E-state index contributed by atoms with van der Waals surface area (Å²) in [5, 5.41) is 29.9. The quantitative estimate of drug-likeness (QED) is 0.362. The first-order valence-corrected chi connectivity index (χ1v) is 4.86. The molecule has 0 spiro atoms. The van der Waals surface area contributed by atoms with Crippen molar-refractivity contribution in [2.24, 2.45) is 0 Å². The maximum Gasteiger partial charge on any atom is 0.305 e. The predicted octanol–water partition coefficient (Wildman–Crippen LogP) is 0.647. The van der Waals surface area contributed by atoms with E-state index in [0.717, 1.165) is 19.3 Å². The van der Waals surface area contributed by atoms with Gasteiger partial charge >= 0.3 is 5.70 Å². The highest BCUT2D eigenvalue weighted by Gasteiger charge is 2.26. The highest BCUT2D eigenvalue weighted by molar-refractivity contribution is 5.73. The van der Waals surface area contributed by atoms with Gasteiger partial charge < -0.3 is 15.8 Å². The van der Waals surface area contributed by atoms with Gasteiger partial charge in [0.25, 0.3) is 0 Å². The summed E-state index contributed by atoms with van der Waals surface area (Å²) in [5.74, 6) is 0. The van der Waals surface area contributed by atoms with Gasteiger partial charge in [0.05, 0.1) is 29.0 Å². The van der Waals surface area contributed by atoms with Crippen molar-refractivity contribution in [1.82, 2.24) is 5.32 Å². The van der Waals surface area contributed by atoms with E-state index < -0.39 is 11.0 Å². The molecule has 0 heterocycles. The zero-order valence-corrected chi connectivity index (χ0v) is 8.56. The Bertz CT molecular complexity index is 301. The summed E-state index contributed by atoms with van der Waals surface area (Å²) in [6.07, 6.45) is 2.72. The lowest BCUT2D eigenvalue weighted by Crippen LogP contribution is -2.35. The number of aliphatic hydroxyl groups is 1. The number of rotatable bonds is 4. The molecule has 84 valence electrons. The molecule has 0 amide bonds. The summed E-state index contributed by atoms with van der Waals surface area (Å²) in [6, 6.07) is -0.125. The first-order chi connectivity index (χ1) is 7.06. The molecular formula is C9H15N3O3. The molecule has 1 rings (SSSR count). The third-order valence-corrected chi connectivity index (χ3v) is 2.60. The van der Waals surface area contributed by atoms with Crippen LogP contribution in [0.1, 0.15) is 26.2 Å².